The lowest BCUT2D eigenvalue weighted by molar-refractivity contribution is -0.143. The van der Waals surface area contributed by atoms with Crippen LogP contribution in [0.5, 0.6) is 5.75 Å². The molecule has 12 heteroatoms. The molecular weight excluding hydrogens is 465 g/mol. The van der Waals surface area contributed by atoms with E-state index in [4.69, 9.17) is 9.84 Å². The normalized spacial score (nSPS) is 11.9. The molecule has 0 unspecified atom stereocenters. The lowest BCUT2D eigenvalue weighted by atomic mass is 10.1. The first-order valence-electron chi connectivity index (χ1n) is 7.33. The van der Waals surface area contributed by atoms with Crippen LogP contribution in [0.25, 0.3) is 0 Å². The molecule has 0 fully saturated rings. The van der Waals surface area contributed by atoms with Crippen LogP contribution in [0.1, 0.15) is 11.1 Å². The number of hydrogen-bond acceptors (Lipinski definition) is 4. The average Bonchev–Trinajstić information content (AvgIpc) is 2.61. The van der Waals surface area contributed by atoms with Crippen molar-refractivity contribution in [2.75, 3.05) is 18.6 Å². The maximum Gasteiger partial charge on any atom is 0.422 e. The van der Waals surface area contributed by atoms with Gasteiger partial charge in [0.05, 0.1) is 12.8 Å². The number of hydrazone groups is 1. The van der Waals surface area contributed by atoms with E-state index in [-0.39, 0.29) is 24.5 Å². The summed E-state index contributed by atoms with van der Waals surface area (Å²) in [6.45, 7) is -0.375. The number of aliphatic hydroxyl groups is 1. The van der Waals surface area contributed by atoms with Crippen molar-refractivity contribution in [2.45, 2.75) is 6.18 Å². The summed E-state index contributed by atoms with van der Waals surface area (Å²) < 4.78 is 98.1. The predicted molar refractivity (Wildman–Crippen MR) is 89.2 cm³/mol. The lowest BCUT2D eigenvalue weighted by Crippen LogP contribution is -2.16. The van der Waals surface area contributed by atoms with E-state index in [1.165, 1.54) is 12.1 Å². The largest absolute Gasteiger partial charge is 0.491 e. The van der Waals surface area contributed by atoms with E-state index >= 15 is 0 Å². The smallest absolute Gasteiger partial charge is 0.422 e. The highest BCUT2D eigenvalue weighted by Crippen LogP contribution is 2.38. The molecule has 0 atom stereocenters. The Kier molecular flexibility index (Phi) is 6.88. The van der Waals surface area contributed by atoms with Crippen molar-refractivity contribution < 1.29 is 40.6 Å². The fourth-order valence-corrected chi connectivity index (χ4v) is 2.43. The van der Waals surface area contributed by atoms with Gasteiger partial charge < -0.3 is 9.84 Å². The summed E-state index contributed by atoms with van der Waals surface area (Å²) in [4.78, 5) is 0. The van der Waals surface area contributed by atoms with Crippen LogP contribution in [-0.2, 0) is 6.18 Å². The van der Waals surface area contributed by atoms with Gasteiger partial charge >= 0.3 is 6.18 Å². The Morgan fingerprint density at radius 3 is 2.21 bits per heavy atom. The number of alkyl halides is 3. The zero-order valence-corrected chi connectivity index (χ0v) is 15.1. The van der Waals surface area contributed by atoms with E-state index in [0.29, 0.717) is 4.47 Å². The number of nitrogens with one attached hydrogen (secondary N) is 1. The van der Waals surface area contributed by atoms with E-state index in [0.717, 1.165) is 6.21 Å². The topological polar surface area (TPSA) is 53.9 Å². The highest BCUT2D eigenvalue weighted by Gasteiger charge is 2.42. The van der Waals surface area contributed by atoms with Crippen molar-refractivity contribution in [3.63, 3.8) is 0 Å². The Morgan fingerprint density at radius 1 is 1.07 bits per heavy atom. The molecule has 0 radical (unpaired) electrons. The lowest BCUT2D eigenvalue weighted by Gasteiger charge is -2.13. The molecule has 0 aliphatic heterocycles. The molecule has 0 saturated carbocycles. The van der Waals surface area contributed by atoms with Crippen LogP contribution in [0.2, 0.25) is 0 Å². The molecule has 0 aliphatic rings. The second-order valence-electron chi connectivity index (χ2n) is 5.13. The molecule has 0 amide bonds. The number of halogens is 8. The zero-order valence-electron chi connectivity index (χ0n) is 13.6. The van der Waals surface area contributed by atoms with Gasteiger partial charge in [-0.2, -0.15) is 18.3 Å². The van der Waals surface area contributed by atoms with Crippen molar-refractivity contribution in [3.05, 3.63) is 57.1 Å². The van der Waals surface area contributed by atoms with Crippen molar-refractivity contribution in [1.29, 1.82) is 0 Å². The molecule has 2 aromatic rings. The minimum absolute atomic E-state index is 0.0749. The summed E-state index contributed by atoms with van der Waals surface area (Å²) in [6.07, 6.45) is -4.68. The molecule has 2 aromatic carbocycles. The molecule has 2 rings (SSSR count). The van der Waals surface area contributed by atoms with E-state index in [1.54, 1.807) is 11.5 Å². The summed E-state index contributed by atoms with van der Waals surface area (Å²) in [5, 5.41) is 12.2. The maximum atomic E-state index is 13.8. The summed E-state index contributed by atoms with van der Waals surface area (Å²) >= 11 is 3.16. The number of benzene rings is 2. The molecule has 0 aliphatic carbocycles. The van der Waals surface area contributed by atoms with Gasteiger partial charge in [-0.1, -0.05) is 15.9 Å². The minimum Gasteiger partial charge on any atom is -0.491 e. The molecule has 4 nitrogen and oxygen atoms in total. The second-order valence-corrected chi connectivity index (χ2v) is 6.04. The first-order valence-corrected chi connectivity index (χ1v) is 8.12. The Bertz CT molecular complexity index is 875. The summed E-state index contributed by atoms with van der Waals surface area (Å²) in [7, 11) is 0. The third kappa shape index (κ3) is 4.73. The van der Waals surface area contributed by atoms with Gasteiger partial charge in [0.15, 0.2) is 23.3 Å². The van der Waals surface area contributed by atoms with E-state index in [9.17, 15) is 30.7 Å². The van der Waals surface area contributed by atoms with E-state index in [1.807, 2.05) is 0 Å². The van der Waals surface area contributed by atoms with Gasteiger partial charge in [0.1, 0.15) is 23.6 Å². The number of ether oxygens (including phenoxy) is 1. The highest BCUT2D eigenvalue weighted by atomic mass is 79.9. The summed E-state index contributed by atoms with van der Waals surface area (Å²) in [5.74, 6) is -9.56. The molecule has 2 N–H and O–H groups in total. The predicted octanol–water partition coefficient (Wildman–Crippen LogP) is 4.84. The molecule has 28 heavy (non-hydrogen) atoms. The SMILES string of the molecule is OCCOc1ccc(Br)cc1/C=N\Nc1c(F)c(F)c(C(F)(F)F)c(F)c1F. The molecule has 0 bridgehead atoms. The average molecular weight is 475 g/mol. The third-order valence-corrected chi connectivity index (χ3v) is 3.74. The van der Waals surface area contributed by atoms with Gasteiger partial charge in [-0.05, 0) is 18.2 Å². The van der Waals surface area contributed by atoms with Crippen molar-refractivity contribution in [3.8, 4) is 5.75 Å². The number of nitrogens with zero attached hydrogens (tertiary/aromatic N) is 1. The van der Waals surface area contributed by atoms with Crippen LogP contribution < -0.4 is 10.2 Å². The van der Waals surface area contributed by atoms with Gasteiger partial charge in [0, 0.05) is 10.0 Å². The zero-order chi connectivity index (χ0) is 21.1. The van der Waals surface area contributed by atoms with Crippen LogP contribution in [0, 0.1) is 23.3 Å². The number of rotatable bonds is 6. The molecule has 0 saturated heterocycles. The van der Waals surface area contributed by atoms with Crippen LogP contribution in [-0.4, -0.2) is 24.5 Å². The number of hydrogen-bond donors (Lipinski definition) is 2. The highest BCUT2D eigenvalue weighted by molar-refractivity contribution is 9.10. The van der Waals surface area contributed by atoms with Crippen LogP contribution in [0.3, 0.4) is 0 Å². The summed E-state index contributed by atoms with van der Waals surface area (Å²) in [5.41, 5.74) is -2.34. The standard InChI is InChI=1S/C16H10BrF7N2O2/c17-8-1-2-9(28-4-3-27)7(5-8)6-25-26-15-13(20)11(18)10(16(22,23)24)12(19)14(15)21/h1-2,5-6,26-27H,3-4H2/b25-6-. The Labute approximate surface area is 161 Å². The first-order chi connectivity index (χ1) is 13.1. The summed E-state index contributed by atoms with van der Waals surface area (Å²) in [6, 6.07) is 4.51. The Morgan fingerprint density at radius 2 is 1.68 bits per heavy atom. The van der Waals surface area contributed by atoms with Gasteiger partial charge in [-0.15, -0.1) is 0 Å². The molecule has 0 spiro atoms. The number of anilines is 1. The molecular formula is C16H10BrF7N2O2. The van der Waals surface area contributed by atoms with E-state index < -0.39 is 40.7 Å². The first kappa shape index (κ1) is 22.0. The minimum atomic E-state index is -5.63. The monoisotopic (exact) mass is 474 g/mol. The molecule has 0 heterocycles. The van der Waals surface area contributed by atoms with Crippen LogP contribution in [0.15, 0.2) is 27.8 Å². The van der Waals surface area contributed by atoms with Gasteiger partial charge in [0.25, 0.3) is 0 Å². The van der Waals surface area contributed by atoms with Gasteiger partial charge in [-0.25, -0.2) is 17.6 Å². The Hall–Kier alpha value is -2.34. The van der Waals surface area contributed by atoms with Crippen molar-refractivity contribution in [2.24, 2.45) is 5.10 Å². The molecule has 152 valence electrons. The number of aliphatic hydroxyl groups excluding tert-OH is 1. The quantitative estimate of drug-likeness (QED) is 0.272. The van der Waals surface area contributed by atoms with Gasteiger partial charge in [0.2, 0.25) is 0 Å². The maximum absolute atomic E-state index is 13.8. The van der Waals surface area contributed by atoms with Crippen LogP contribution in [0.4, 0.5) is 36.4 Å². The molecule has 0 aromatic heterocycles. The Balaban J connectivity index is 2.37. The van der Waals surface area contributed by atoms with Crippen LogP contribution >= 0.6 is 15.9 Å². The fraction of sp³-hybridized carbons (Fsp3) is 0.188. The third-order valence-electron chi connectivity index (χ3n) is 3.25. The van der Waals surface area contributed by atoms with E-state index in [2.05, 4.69) is 21.0 Å². The fourth-order valence-electron chi connectivity index (χ4n) is 2.05. The van der Waals surface area contributed by atoms with Crippen molar-refractivity contribution in [1.82, 2.24) is 0 Å². The van der Waals surface area contributed by atoms with Crippen molar-refractivity contribution >= 4 is 27.8 Å². The second kappa shape index (κ2) is 8.78. The van der Waals surface area contributed by atoms with Gasteiger partial charge in [-0.3, -0.25) is 5.43 Å².